The molecule has 0 aliphatic heterocycles. The summed E-state index contributed by atoms with van der Waals surface area (Å²) >= 11 is 6.25. The Morgan fingerprint density at radius 1 is 1.09 bits per heavy atom. The van der Waals surface area contributed by atoms with Crippen LogP contribution in [-0.4, -0.2) is 47.7 Å². The zero-order valence-corrected chi connectivity index (χ0v) is 20.2. The molecule has 32 heavy (non-hydrogen) atoms. The predicted molar refractivity (Wildman–Crippen MR) is 137 cm³/mol. The molecule has 3 aromatic rings. The van der Waals surface area contributed by atoms with Crippen molar-refractivity contribution in [3.05, 3.63) is 58.9 Å². The van der Waals surface area contributed by atoms with Crippen molar-refractivity contribution in [3.8, 4) is 5.75 Å². The summed E-state index contributed by atoms with van der Waals surface area (Å²) in [5.41, 5.74) is 1.80. The van der Waals surface area contributed by atoms with Gasteiger partial charge in [0.1, 0.15) is 11.6 Å². The summed E-state index contributed by atoms with van der Waals surface area (Å²) < 4.78 is 5.44. The molecular formula is C26H33ClN4O. The second kappa shape index (κ2) is 11.8. The maximum absolute atomic E-state index is 6.25. The Kier molecular flexibility index (Phi) is 8.89. The number of rotatable bonds is 11. The lowest BCUT2D eigenvalue weighted by Crippen LogP contribution is -2.25. The van der Waals surface area contributed by atoms with E-state index in [0.29, 0.717) is 16.9 Å². The zero-order chi connectivity index (χ0) is 22.9. The van der Waals surface area contributed by atoms with E-state index < -0.39 is 0 Å². The molecular weight excluding hydrogens is 420 g/mol. The van der Waals surface area contributed by atoms with Gasteiger partial charge in [-0.1, -0.05) is 43.6 Å². The van der Waals surface area contributed by atoms with Gasteiger partial charge in [0.05, 0.1) is 12.6 Å². The van der Waals surface area contributed by atoms with Gasteiger partial charge in [0.2, 0.25) is 0 Å². The summed E-state index contributed by atoms with van der Waals surface area (Å²) in [7, 11) is 1.67. The molecule has 5 nitrogen and oxygen atoms in total. The van der Waals surface area contributed by atoms with Gasteiger partial charge in [-0.25, -0.2) is 9.97 Å². The van der Waals surface area contributed by atoms with E-state index in [1.54, 1.807) is 7.11 Å². The van der Waals surface area contributed by atoms with Crippen LogP contribution in [-0.2, 0) is 0 Å². The summed E-state index contributed by atoms with van der Waals surface area (Å²) in [6, 6.07) is 13.9. The van der Waals surface area contributed by atoms with Crippen LogP contribution in [0, 0.1) is 0 Å². The van der Waals surface area contributed by atoms with E-state index in [4.69, 9.17) is 26.3 Å². The SMILES string of the molecule is CCN(CC)CCCC(C)Nc1nc(/C=C/c2ccccc2OC)nc2cc(Cl)ccc12. The highest BCUT2D eigenvalue weighted by Gasteiger charge is 2.11. The van der Waals surface area contributed by atoms with Crippen LogP contribution >= 0.6 is 11.6 Å². The lowest BCUT2D eigenvalue weighted by atomic mass is 10.1. The average molecular weight is 453 g/mol. The molecule has 0 fully saturated rings. The number of fused-ring (bicyclic) bond motifs is 1. The Balaban J connectivity index is 1.83. The highest BCUT2D eigenvalue weighted by molar-refractivity contribution is 6.31. The normalized spacial score (nSPS) is 12.6. The van der Waals surface area contributed by atoms with Crippen molar-refractivity contribution in [2.75, 3.05) is 32.1 Å². The number of hydrogen-bond acceptors (Lipinski definition) is 5. The van der Waals surface area contributed by atoms with Gasteiger partial charge in [-0.2, -0.15) is 0 Å². The fraction of sp³-hybridized carbons (Fsp3) is 0.385. The third kappa shape index (κ3) is 6.44. The maximum atomic E-state index is 6.25. The van der Waals surface area contributed by atoms with Crippen LogP contribution in [0.3, 0.4) is 0 Å². The van der Waals surface area contributed by atoms with Crippen molar-refractivity contribution in [1.82, 2.24) is 14.9 Å². The number of methoxy groups -OCH3 is 1. The minimum atomic E-state index is 0.297. The summed E-state index contributed by atoms with van der Waals surface area (Å²) in [6.45, 7) is 9.93. The Hall–Kier alpha value is -2.63. The number of benzene rings is 2. The fourth-order valence-electron chi connectivity index (χ4n) is 3.74. The summed E-state index contributed by atoms with van der Waals surface area (Å²) in [5.74, 6) is 2.28. The van der Waals surface area contributed by atoms with Crippen LogP contribution in [0.2, 0.25) is 5.02 Å². The van der Waals surface area contributed by atoms with Crippen LogP contribution in [0.25, 0.3) is 23.1 Å². The topological polar surface area (TPSA) is 50.3 Å². The molecule has 6 heteroatoms. The minimum absolute atomic E-state index is 0.297. The van der Waals surface area contributed by atoms with Gasteiger partial charge in [-0.05, 0) is 75.8 Å². The maximum Gasteiger partial charge on any atom is 0.154 e. The second-order valence-electron chi connectivity index (χ2n) is 7.88. The molecule has 0 saturated carbocycles. The van der Waals surface area contributed by atoms with Crippen LogP contribution in [0.4, 0.5) is 5.82 Å². The van der Waals surface area contributed by atoms with Gasteiger partial charge in [-0.15, -0.1) is 0 Å². The molecule has 1 heterocycles. The number of anilines is 1. The standard InChI is InChI=1S/C26H33ClN4O/c1-5-31(6-2)17-9-10-19(3)28-26-22-15-14-21(27)18-23(22)29-25(30-26)16-13-20-11-7-8-12-24(20)32-4/h7-8,11-16,18-19H,5-6,9-10,17H2,1-4H3,(H,28,29,30)/b16-13+. The molecule has 0 radical (unpaired) electrons. The largest absolute Gasteiger partial charge is 0.496 e. The van der Waals surface area contributed by atoms with Crippen molar-refractivity contribution in [2.24, 2.45) is 0 Å². The van der Waals surface area contributed by atoms with Crippen molar-refractivity contribution >= 4 is 40.5 Å². The fourth-order valence-corrected chi connectivity index (χ4v) is 3.91. The molecule has 0 bridgehead atoms. The van der Waals surface area contributed by atoms with E-state index in [2.05, 4.69) is 31.0 Å². The number of nitrogens with zero attached hydrogens (tertiary/aromatic N) is 3. The smallest absolute Gasteiger partial charge is 0.154 e. The zero-order valence-electron chi connectivity index (χ0n) is 19.4. The number of aromatic nitrogens is 2. The number of para-hydroxylation sites is 1. The van der Waals surface area contributed by atoms with Gasteiger partial charge in [0.15, 0.2) is 5.82 Å². The van der Waals surface area contributed by atoms with Gasteiger partial charge < -0.3 is 15.0 Å². The molecule has 1 N–H and O–H groups in total. The van der Waals surface area contributed by atoms with E-state index in [9.17, 15) is 0 Å². The number of ether oxygens (including phenoxy) is 1. The molecule has 2 aromatic carbocycles. The van der Waals surface area contributed by atoms with Crippen molar-refractivity contribution in [2.45, 2.75) is 39.7 Å². The van der Waals surface area contributed by atoms with Crippen molar-refractivity contribution in [1.29, 1.82) is 0 Å². The molecule has 0 spiro atoms. The minimum Gasteiger partial charge on any atom is -0.496 e. The average Bonchev–Trinajstić information content (AvgIpc) is 2.80. The third-order valence-electron chi connectivity index (χ3n) is 5.62. The third-order valence-corrected chi connectivity index (χ3v) is 5.85. The van der Waals surface area contributed by atoms with E-state index in [1.807, 2.05) is 54.6 Å². The summed E-state index contributed by atoms with van der Waals surface area (Å²) in [6.07, 6.45) is 6.10. The predicted octanol–water partition coefficient (Wildman–Crippen LogP) is 6.38. The van der Waals surface area contributed by atoms with Gasteiger partial charge in [-0.3, -0.25) is 0 Å². The Morgan fingerprint density at radius 2 is 1.88 bits per heavy atom. The first-order valence-electron chi connectivity index (χ1n) is 11.3. The Labute approximate surface area is 196 Å². The van der Waals surface area contributed by atoms with Gasteiger partial charge in [0.25, 0.3) is 0 Å². The number of halogens is 1. The molecule has 1 aromatic heterocycles. The number of hydrogen-bond donors (Lipinski definition) is 1. The molecule has 1 unspecified atom stereocenters. The first kappa shape index (κ1) is 24.0. The van der Waals surface area contributed by atoms with Crippen LogP contribution in [0.1, 0.15) is 45.0 Å². The first-order chi connectivity index (χ1) is 15.5. The van der Waals surface area contributed by atoms with E-state index in [1.165, 1.54) is 0 Å². The van der Waals surface area contributed by atoms with E-state index in [-0.39, 0.29) is 0 Å². The van der Waals surface area contributed by atoms with Crippen molar-refractivity contribution in [3.63, 3.8) is 0 Å². The molecule has 170 valence electrons. The van der Waals surface area contributed by atoms with Crippen LogP contribution < -0.4 is 10.1 Å². The van der Waals surface area contributed by atoms with Crippen LogP contribution in [0.5, 0.6) is 5.75 Å². The molecule has 3 rings (SSSR count). The Bertz CT molecular complexity index is 1050. The van der Waals surface area contributed by atoms with Gasteiger partial charge >= 0.3 is 0 Å². The molecule has 0 saturated heterocycles. The molecule has 0 amide bonds. The van der Waals surface area contributed by atoms with Gasteiger partial charge in [0, 0.05) is 22.0 Å². The summed E-state index contributed by atoms with van der Waals surface area (Å²) in [5, 5.41) is 5.24. The highest BCUT2D eigenvalue weighted by atomic mass is 35.5. The monoisotopic (exact) mass is 452 g/mol. The Morgan fingerprint density at radius 3 is 2.62 bits per heavy atom. The lowest BCUT2D eigenvalue weighted by molar-refractivity contribution is 0.295. The van der Waals surface area contributed by atoms with Crippen molar-refractivity contribution < 1.29 is 4.74 Å². The highest BCUT2D eigenvalue weighted by Crippen LogP contribution is 2.26. The summed E-state index contributed by atoms with van der Waals surface area (Å²) in [4.78, 5) is 12.0. The molecule has 0 aliphatic carbocycles. The lowest BCUT2D eigenvalue weighted by Gasteiger charge is -2.20. The number of nitrogens with one attached hydrogen (secondary N) is 1. The van der Waals surface area contributed by atoms with E-state index >= 15 is 0 Å². The quantitative estimate of drug-likeness (QED) is 0.365. The first-order valence-corrected chi connectivity index (χ1v) is 11.7. The van der Waals surface area contributed by atoms with E-state index in [0.717, 1.165) is 60.5 Å². The molecule has 1 atom stereocenters. The molecule has 0 aliphatic rings. The van der Waals surface area contributed by atoms with Crippen LogP contribution in [0.15, 0.2) is 42.5 Å². The second-order valence-corrected chi connectivity index (χ2v) is 8.32.